The van der Waals surface area contributed by atoms with E-state index in [0.29, 0.717) is 17.9 Å². The van der Waals surface area contributed by atoms with E-state index in [9.17, 15) is 4.79 Å². The molecule has 1 aromatic carbocycles. The molecule has 0 aliphatic heterocycles. The van der Waals surface area contributed by atoms with Crippen molar-refractivity contribution in [3.63, 3.8) is 0 Å². The largest absolute Gasteiger partial charge is 0.497 e. The second kappa shape index (κ2) is 16.4. The van der Waals surface area contributed by atoms with Crippen molar-refractivity contribution in [2.24, 2.45) is 17.3 Å². The van der Waals surface area contributed by atoms with E-state index in [1.807, 2.05) is 18.2 Å². The molecule has 10 nitrogen and oxygen atoms in total. The van der Waals surface area contributed by atoms with Gasteiger partial charge >= 0.3 is 11.9 Å². The number of allylic oxidation sites excluding steroid dienone is 2. The third-order valence-electron chi connectivity index (χ3n) is 7.11. The zero-order chi connectivity index (χ0) is 29.6. The minimum atomic E-state index is -1.82. The van der Waals surface area contributed by atoms with Crippen LogP contribution in [0.5, 0.6) is 5.75 Å². The summed E-state index contributed by atoms with van der Waals surface area (Å²) in [6, 6.07) is 8.23. The van der Waals surface area contributed by atoms with Crippen LogP contribution in [0.15, 0.2) is 47.6 Å². The SMILES string of the molecule is COC1=CC(CC=O)C(CCCN(C)CCc2cccc(OC)c2)(C(C)C)C(OC)=C1OC.O=C(O)C(=O)O. The molecule has 1 aliphatic carbocycles. The fraction of sp³-hybridized carbons (Fsp3) is 0.552. The summed E-state index contributed by atoms with van der Waals surface area (Å²) in [6.45, 7) is 6.31. The number of carboxylic acid groups (broad SMARTS) is 2. The molecule has 0 saturated carbocycles. The summed E-state index contributed by atoms with van der Waals surface area (Å²) in [6.07, 6.45) is 6.28. The Hall–Kier alpha value is -3.53. The summed E-state index contributed by atoms with van der Waals surface area (Å²) in [5.74, 6) is -0.477. The Morgan fingerprint density at radius 1 is 1.03 bits per heavy atom. The van der Waals surface area contributed by atoms with Crippen LogP contribution in [-0.4, -0.2) is 81.9 Å². The third-order valence-corrected chi connectivity index (χ3v) is 7.11. The molecule has 218 valence electrons. The monoisotopic (exact) mass is 549 g/mol. The van der Waals surface area contributed by atoms with Crippen molar-refractivity contribution in [3.05, 3.63) is 53.2 Å². The lowest BCUT2D eigenvalue weighted by Gasteiger charge is -2.46. The maximum Gasteiger partial charge on any atom is 0.414 e. The lowest BCUT2D eigenvalue weighted by atomic mass is 9.60. The molecule has 1 aliphatic rings. The highest BCUT2D eigenvalue weighted by molar-refractivity contribution is 6.27. The zero-order valence-electron chi connectivity index (χ0n) is 24.1. The number of hydrogen-bond donors (Lipinski definition) is 2. The summed E-state index contributed by atoms with van der Waals surface area (Å²) in [5.41, 5.74) is 0.932. The molecule has 1 aromatic rings. The van der Waals surface area contributed by atoms with Gasteiger partial charge in [0.2, 0.25) is 0 Å². The highest BCUT2D eigenvalue weighted by Gasteiger charge is 2.49. The second-order valence-electron chi connectivity index (χ2n) is 9.62. The van der Waals surface area contributed by atoms with Gasteiger partial charge in [0.15, 0.2) is 11.5 Å². The van der Waals surface area contributed by atoms with E-state index in [1.54, 1.807) is 28.4 Å². The number of methoxy groups -OCH3 is 4. The van der Waals surface area contributed by atoms with Gasteiger partial charge in [0, 0.05) is 24.3 Å². The van der Waals surface area contributed by atoms with Crippen molar-refractivity contribution >= 4 is 18.2 Å². The Labute approximate surface area is 231 Å². The van der Waals surface area contributed by atoms with Crippen molar-refractivity contribution < 1.29 is 43.5 Å². The molecule has 2 unspecified atom stereocenters. The van der Waals surface area contributed by atoms with Crippen LogP contribution in [0.25, 0.3) is 0 Å². The number of nitrogens with zero attached hydrogens (tertiary/aromatic N) is 1. The molecule has 10 heteroatoms. The Balaban J connectivity index is 0.00000113. The van der Waals surface area contributed by atoms with Crippen LogP contribution in [0.1, 0.15) is 38.7 Å². The predicted octanol–water partition coefficient (Wildman–Crippen LogP) is 4.00. The Kier molecular flexibility index (Phi) is 14.1. The van der Waals surface area contributed by atoms with Crippen molar-refractivity contribution in [2.45, 2.75) is 39.5 Å². The first kappa shape index (κ1) is 33.5. The van der Waals surface area contributed by atoms with Gasteiger partial charge in [-0.05, 0) is 62.5 Å². The maximum atomic E-state index is 11.6. The first-order valence-corrected chi connectivity index (χ1v) is 12.8. The van der Waals surface area contributed by atoms with Gasteiger partial charge in [-0.15, -0.1) is 0 Å². The van der Waals surface area contributed by atoms with Crippen LogP contribution in [-0.2, 0) is 35.0 Å². The number of carboxylic acids is 2. The molecule has 0 fully saturated rings. The number of likely N-dealkylation sites (N-methyl/N-ethyl adjacent to an activating group) is 1. The van der Waals surface area contributed by atoms with Crippen LogP contribution < -0.4 is 4.74 Å². The van der Waals surface area contributed by atoms with Gasteiger partial charge < -0.3 is 38.9 Å². The van der Waals surface area contributed by atoms with Crippen LogP contribution in [0.4, 0.5) is 0 Å². The molecule has 2 atom stereocenters. The molecule has 0 spiro atoms. The van der Waals surface area contributed by atoms with E-state index >= 15 is 0 Å². The molecule has 0 amide bonds. The summed E-state index contributed by atoms with van der Waals surface area (Å²) < 4.78 is 22.6. The summed E-state index contributed by atoms with van der Waals surface area (Å²) in [7, 11) is 8.79. The van der Waals surface area contributed by atoms with Crippen molar-refractivity contribution in [3.8, 4) is 5.75 Å². The molecule has 0 bridgehead atoms. The van der Waals surface area contributed by atoms with Crippen molar-refractivity contribution in [1.82, 2.24) is 4.90 Å². The molecule has 2 rings (SSSR count). The lowest BCUT2D eigenvalue weighted by molar-refractivity contribution is -0.159. The minimum Gasteiger partial charge on any atom is -0.497 e. The second-order valence-corrected chi connectivity index (χ2v) is 9.62. The van der Waals surface area contributed by atoms with E-state index < -0.39 is 11.9 Å². The lowest BCUT2D eigenvalue weighted by Crippen LogP contribution is -2.42. The average Bonchev–Trinajstić information content (AvgIpc) is 2.92. The quantitative estimate of drug-likeness (QED) is 0.259. The third kappa shape index (κ3) is 9.02. The molecule has 0 saturated heterocycles. The number of hydrogen-bond acceptors (Lipinski definition) is 8. The summed E-state index contributed by atoms with van der Waals surface area (Å²) in [4.78, 5) is 32.2. The van der Waals surface area contributed by atoms with Crippen molar-refractivity contribution in [2.75, 3.05) is 48.6 Å². The van der Waals surface area contributed by atoms with Gasteiger partial charge in [-0.3, -0.25) is 0 Å². The maximum absolute atomic E-state index is 11.6. The van der Waals surface area contributed by atoms with Crippen LogP contribution >= 0.6 is 0 Å². The smallest absolute Gasteiger partial charge is 0.414 e. The zero-order valence-corrected chi connectivity index (χ0v) is 24.1. The topological polar surface area (TPSA) is 132 Å². The molecular formula is C29H43NO9. The van der Waals surface area contributed by atoms with E-state index in [2.05, 4.69) is 37.9 Å². The number of benzene rings is 1. The van der Waals surface area contributed by atoms with E-state index in [0.717, 1.165) is 50.1 Å². The Bertz CT molecular complexity index is 1010. The van der Waals surface area contributed by atoms with E-state index in [1.165, 1.54) is 5.56 Å². The predicted molar refractivity (Wildman–Crippen MR) is 146 cm³/mol. The first-order valence-electron chi connectivity index (χ1n) is 12.8. The molecule has 0 heterocycles. The molecule has 0 radical (unpaired) electrons. The average molecular weight is 550 g/mol. The van der Waals surface area contributed by atoms with Crippen molar-refractivity contribution in [1.29, 1.82) is 0 Å². The highest BCUT2D eigenvalue weighted by Crippen LogP contribution is 2.53. The molecular weight excluding hydrogens is 506 g/mol. The van der Waals surface area contributed by atoms with Gasteiger partial charge in [0.1, 0.15) is 17.8 Å². The van der Waals surface area contributed by atoms with Gasteiger partial charge in [0.05, 0.1) is 28.4 Å². The fourth-order valence-electron chi connectivity index (χ4n) is 5.10. The Morgan fingerprint density at radius 3 is 2.18 bits per heavy atom. The molecule has 0 aromatic heterocycles. The highest BCUT2D eigenvalue weighted by atomic mass is 16.5. The first-order chi connectivity index (χ1) is 18.5. The number of aliphatic carboxylic acids is 2. The van der Waals surface area contributed by atoms with Gasteiger partial charge in [-0.2, -0.15) is 0 Å². The van der Waals surface area contributed by atoms with Crippen LogP contribution in [0.3, 0.4) is 0 Å². The summed E-state index contributed by atoms with van der Waals surface area (Å²) in [5, 5.41) is 14.8. The van der Waals surface area contributed by atoms with Gasteiger partial charge in [0.25, 0.3) is 0 Å². The van der Waals surface area contributed by atoms with Gasteiger partial charge in [-0.25, -0.2) is 9.59 Å². The van der Waals surface area contributed by atoms with Gasteiger partial charge in [-0.1, -0.05) is 26.0 Å². The minimum absolute atomic E-state index is 0.0131. The number of carbonyl (C=O) groups excluding carboxylic acids is 1. The van der Waals surface area contributed by atoms with Crippen LogP contribution in [0.2, 0.25) is 0 Å². The van der Waals surface area contributed by atoms with Crippen LogP contribution in [0, 0.1) is 17.3 Å². The number of ether oxygens (including phenoxy) is 4. The molecule has 39 heavy (non-hydrogen) atoms. The Morgan fingerprint density at radius 2 is 1.69 bits per heavy atom. The van der Waals surface area contributed by atoms with E-state index in [4.69, 9.17) is 38.7 Å². The number of rotatable bonds is 14. The van der Waals surface area contributed by atoms with E-state index in [-0.39, 0.29) is 17.3 Å². The fourth-order valence-corrected chi connectivity index (χ4v) is 5.10. The molecule has 2 N–H and O–H groups in total. The number of carbonyl (C=O) groups is 3. The number of aldehydes is 1. The standard InChI is InChI=1S/C27H41NO5.C2H2O4/c1-20(2)27(22(13-17-29)19-24(31-5)25(32-6)26(27)33-7)14-9-15-28(3)16-12-21-10-8-11-23(18-21)30-4;3-1(4)2(5)6/h8,10-11,17-20,22H,9,12-16H2,1-7H3;(H,3,4)(H,5,6). The summed E-state index contributed by atoms with van der Waals surface area (Å²) >= 11 is 0. The normalized spacial score (nSPS) is 18.6.